The van der Waals surface area contributed by atoms with Crippen LogP contribution in [-0.2, 0) is 0 Å². The van der Waals surface area contributed by atoms with Gasteiger partial charge in [-0.2, -0.15) is 5.10 Å². The Hall–Kier alpha value is -1.46. The van der Waals surface area contributed by atoms with Crippen molar-refractivity contribution in [2.45, 2.75) is 18.9 Å². The van der Waals surface area contributed by atoms with Gasteiger partial charge in [0, 0.05) is 16.1 Å². The first-order valence-corrected chi connectivity index (χ1v) is 7.79. The van der Waals surface area contributed by atoms with Crippen LogP contribution in [0.15, 0.2) is 40.9 Å². The van der Waals surface area contributed by atoms with Gasteiger partial charge in [-0.3, -0.25) is 9.67 Å². The Morgan fingerprint density at radius 1 is 1.15 bits per heavy atom. The maximum atomic E-state index is 5.34. The molecule has 1 fully saturated rings. The number of hydrogen-bond acceptors (Lipinski definition) is 2. The van der Waals surface area contributed by atoms with Crippen molar-refractivity contribution in [1.82, 2.24) is 14.8 Å². The molecule has 1 aromatic heterocycles. The molecule has 0 amide bonds. The Morgan fingerprint density at radius 2 is 1.90 bits per heavy atom. The topological polar surface area (TPSA) is 33.6 Å². The van der Waals surface area contributed by atoms with Gasteiger partial charge in [-0.1, -0.05) is 34.1 Å². The molecule has 1 heterocycles. The number of nitrogens with zero attached hydrogens (tertiary/aromatic N) is 2. The number of fused-ring (bicyclic) bond motifs is 1. The van der Waals surface area contributed by atoms with Crippen LogP contribution in [0.1, 0.15) is 18.9 Å². The summed E-state index contributed by atoms with van der Waals surface area (Å²) in [6.45, 7) is 0. The van der Waals surface area contributed by atoms with Crippen LogP contribution in [-0.4, -0.2) is 14.8 Å². The quantitative estimate of drug-likeness (QED) is 0.673. The van der Waals surface area contributed by atoms with Crippen LogP contribution in [0.2, 0.25) is 0 Å². The number of nitrogens with one attached hydrogen (secondary N) is 1. The minimum absolute atomic E-state index is 0.525. The summed E-state index contributed by atoms with van der Waals surface area (Å²) >= 11 is 8.84. The summed E-state index contributed by atoms with van der Waals surface area (Å²) in [5.74, 6) is 0.947. The number of hydrogen-bond donors (Lipinski definition) is 1. The third-order valence-electron chi connectivity index (χ3n) is 3.68. The Morgan fingerprint density at radius 3 is 2.70 bits per heavy atom. The third-order valence-corrected chi connectivity index (χ3v) is 4.46. The summed E-state index contributed by atoms with van der Waals surface area (Å²) in [6, 6.07) is 13.2. The molecule has 0 bridgehead atoms. The van der Waals surface area contributed by atoms with Crippen LogP contribution in [0.3, 0.4) is 0 Å². The van der Waals surface area contributed by atoms with E-state index in [1.807, 2.05) is 0 Å². The third kappa shape index (κ3) is 2.01. The van der Waals surface area contributed by atoms with E-state index in [4.69, 9.17) is 12.2 Å². The summed E-state index contributed by atoms with van der Waals surface area (Å²) in [7, 11) is 0. The molecule has 1 aliphatic rings. The van der Waals surface area contributed by atoms with Crippen LogP contribution in [0.4, 0.5) is 0 Å². The first kappa shape index (κ1) is 12.3. The number of benzene rings is 2. The SMILES string of the molecule is S=c1[nH]nc(-c2ccc3cc(Br)ccc3c2)n1C1CC1. The highest BCUT2D eigenvalue weighted by molar-refractivity contribution is 9.10. The Labute approximate surface area is 129 Å². The number of rotatable bonds is 2. The second-order valence-corrected chi connectivity index (χ2v) is 6.46. The number of aromatic amines is 1. The van der Waals surface area contributed by atoms with Crippen molar-refractivity contribution in [3.63, 3.8) is 0 Å². The fourth-order valence-electron chi connectivity index (χ4n) is 2.54. The fraction of sp³-hybridized carbons (Fsp3) is 0.200. The van der Waals surface area contributed by atoms with E-state index in [2.05, 4.69) is 67.1 Å². The average molecular weight is 346 g/mol. The molecule has 0 spiro atoms. The van der Waals surface area contributed by atoms with Gasteiger partial charge in [0.25, 0.3) is 0 Å². The number of halogens is 1. The van der Waals surface area contributed by atoms with Crippen LogP contribution in [0.25, 0.3) is 22.2 Å². The minimum Gasteiger partial charge on any atom is -0.297 e. The summed E-state index contributed by atoms with van der Waals surface area (Å²) in [5.41, 5.74) is 1.11. The normalized spacial score (nSPS) is 14.8. The predicted molar refractivity (Wildman–Crippen MR) is 86.3 cm³/mol. The monoisotopic (exact) mass is 345 g/mol. The van der Waals surface area contributed by atoms with E-state index in [-0.39, 0.29) is 0 Å². The average Bonchev–Trinajstić information content (AvgIpc) is 3.21. The van der Waals surface area contributed by atoms with Crippen LogP contribution >= 0.6 is 28.1 Å². The summed E-state index contributed by atoms with van der Waals surface area (Å²) in [5, 5.41) is 9.76. The second kappa shape index (κ2) is 4.53. The first-order valence-electron chi connectivity index (χ1n) is 6.59. The van der Waals surface area contributed by atoms with E-state index in [9.17, 15) is 0 Å². The smallest absolute Gasteiger partial charge is 0.195 e. The molecule has 4 rings (SSSR count). The molecule has 0 atom stereocenters. The predicted octanol–water partition coefficient (Wildman–Crippen LogP) is 4.86. The van der Waals surface area contributed by atoms with Crippen molar-refractivity contribution in [2.75, 3.05) is 0 Å². The van der Waals surface area contributed by atoms with Crippen LogP contribution in [0.5, 0.6) is 0 Å². The molecule has 100 valence electrons. The molecular weight excluding hydrogens is 334 g/mol. The van der Waals surface area contributed by atoms with E-state index in [0.29, 0.717) is 6.04 Å². The number of aromatic nitrogens is 3. The summed E-state index contributed by atoms with van der Waals surface area (Å²) in [6.07, 6.45) is 2.39. The lowest BCUT2D eigenvalue weighted by atomic mass is 10.1. The van der Waals surface area contributed by atoms with Gasteiger partial charge >= 0.3 is 0 Å². The van der Waals surface area contributed by atoms with Crippen molar-refractivity contribution in [2.24, 2.45) is 0 Å². The fourth-order valence-corrected chi connectivity index (χ4v) is 3.20. The van der Waals surface area contributed by atoms with Gasteiger partial charge in [0.1, 0.15) is 0 Å². The summed E-state index contributed by atoms with van der Waals surface area (Å²) in [4.78, 5) is 0. The zero-order valence-corrected chi connectivity index (χ0v) is 13.0. The van der Waals surface area contributed by atoms with Crippen LogP contribution in [0, 0.1) is 4.77 Å². The standard InChI is InChI=1S/C15H12BrN3S/c16-12-4-3-9-7-11(2-1-10(9)8-12)14-17-18-15(20)19(14)13-5-6-13/h1-4,7-8,13H,5-6H2,(H,18,20). The van der Waals surface area contributed by atoms with Crippen molar-refractivity contribution < 1.29 is 0 Å². The van der Waals surface area contributed by atoms with Crippen molar-refractivity contribution >= 4 is 38.9 Å². The van der Waals surface area contributed by atoms with Gasteiger partial charge in [0.15, 0.2) is 10.6 Å². The Balaban J connectivity index is 1.90. The van der Waals surface area contributed by atoms with Gasteiger partial charge < -0.3 is 0 Å². The summed E-state index contributed by atoms with van der Waals surface area (Å²) < 4.78 is 3.96. The molecule has 5 heteroatoms. The Bertz CT molecular complexity index is 861. The number of H-pyrrole nitrogens is 1. The van der Waals surface area contributed by atoms with Gasteiger partial charge in [-0.05, 0) is 54.0 Å². The molecule has 3 aromatic rings. The molecule has 1 aliphatic carbocycles. The lowest BCUT2D eigenvalue weighted by Gasteiger charge is -2.06. The van der Waals surface area contributed by atoms with Gasteiger partial charge in [0.05, 0.1) is 0 Å². The molecule has 0 saturated heterocycles. The highest BCUT2D eigenvalue weighted by atomic mass is 79.9. The molecule has 2 aromatic carbocycles. The van der Waals surface area contributed by atoms with Crippen molar-refractivity contribution in [3.8, 4) is 11.4 Å². The maximum absolute atomic E-state index is 5.34. The van der Waals surface area contributed by atoms with E-state index >= 15 is 0 Å². The van der Waals surface area contributed by atoms with E-state index in [1.54, 1.807) is 0 Å². The zero-order chi connectivity index (χ0) is 13.7. The van der Waals surface area contributed by atoms with Crippen molar-refractivity contribution in [3.05, 3.63) is 45.6 Å². The molecular formula is C15H12BrN3S. The zero-order valence-electron chi connectivity index (χ0n) is 10.6. The molecule has 1 saturated carbocycles. The Kier molecular flexibility index (Phi) is 2.79. The van der Waals surface area contributed by atoms with Crippen molar-refractivity contribution in [1.29, 1.82) is 0 Å². The van der Waals surface area contributed by atoms with Gasteiger partial charge in [-0.25, -0.2) is 0 Å². The molecule has 3 nitrogen and oxygen atoms in total. The van der Waals surface area contributed by atoms with E-state index in [1.165, 1.54) is 23.6 Å². The van der Waals surface area contributed by atoms with Gasteiger partial charge in [-0.15, -0.1) is 0 Å². The highest BCUT2D eigenvalue weighted by Crippen LogP contribution is 2.38. The minimum atomic E-state index is 0.525. The molecule has 1 N–H and O–H groups in total. The lowest BCUT2D eigenvalue weighted by Crippen LogP contribution is -1.97. The lowest BCUT2D eigenvalue weighted by molar-refractivity contribution is 0.735. The van der Waals surface area contributed by atoms with Gasteiger partial charge in [0.2, 0.25) is 0 Å². The maximum Gasteiger partial charge on any atom is 0.195 e. The largest absolute Gasteiger partial charge is 0.297 e. The van der Waals surface area contributed by atoms with E-state index in [0.717, 1.165) is 20.6 Å². The van der Waals surface area contributed by atoms with Crippen LogP contribution < -0.4 is 0 Å². The van der Waals surface area contributed by atoms with E-state index < -0.39 is 0 Å². The molecule has 20 heavy (non-hydrogen) atoms. The molecule has 0 radical (unpaired) electrons. The molecule has 0 aliphatic heterocycles. The second-order valence-electron chi connectivity index (χ2n) is 5.16. The first-order chi connectivity index (χ1) is 9.72. The highest BCUT2D eigenvalue weighted by Gasteiger charge is 2.27. The molecule has 0 unspecified atom stereocenters.